The van der Waals surface area contributed by atoms with Crippen molar-refractivity contribution in [1.29, 1.82) is 0 Å². The molecule has 150 valence electrons. The summed E-state index contributed by atoms with van der Waals surface area (Å²) >= 11 is 0. The molecule has 6 heteroatoms. The summed E-state index contributed by atoms with van der Waals surface area (Å²) < 4.78 is 5.35. The fourth-order valence-corrected chi connectivity index (χ4v) is 3.53. The maximum Gasteiger partial charge on any atom is 0.276 e. The van der Waals surface area contributed by atoms with Crippen LogP contribution in [0.2, 0.25) is 0 Å². The van der Waals surface area contributed by atoms with Crippen LogP contribution in [0.4, 0.5) is 5.69 Å². The molecule has 0 saturated carbocycles. The van der Waals surface area contributed by atoms with Crippen molar-refractivity contribution < 1.29 is 14.4 Å². The van der Waals surface area contributed by atoms with E-state index in [4.69, 9.17) is 9.57 Å². The van der Waals surface area contributed by atoms with Gasteiger partial charge in [0.05, 0.1) is 17.7 Å². The SMILES string of the molecule is O=C(NOCC1CCOCC1)c1ccccc1NCc1ccnc2ccccc12. The van der Waals surface area contributed by atoms with Gasteiger partial charge in [0.2, 0.25) is 0 Å². The third kappa shape index (κ3) is 4.91. The van der Waals surface area contributed by atoms with Crippen molar-refractivity contribution in [3.05, 3.63) is 71.9 Å². The first-order chi connectivity index (χ1) is 14.3. The van der Waals surface area contributed by atoms with E-state index in [0.29, 0.717) is 24.6 Å². The molecule has 1 saturated heterocycles. The average Bonchev–Trinajstić information content (AvgIpc) is 2.78. The highest BCUT2D eigenvalue weighted by Crippen LogP contribution is 2.20. The molecule has 6 nitrogen and oxygen atoms in total. The highest BCUT2D eigenvalue weighted by Gasteiger charge is 2.16. The summed E-state index contributed by atoms with van der Waals surface area (Å²) in [6.45, 7) is 2.63. The van der Waals surface area contributed by atoms with Gasteiger partial charge in [0.15, 0.2) is 0 Å². The van der Waals surface area contributed by atoms with Crippen LogP contribution in [0.15, 0.2) is 60.8 Å². The molecule has 1 amide bonds. The molecule has 3 aromatic rings. The molecule has 2 N–H and O–H groups in total. The fourth-order valence-electron chi connectivity index (χ4n) is 3.53. The summed E-state index contributed by atoms with van der Waals surface area (Å²) in [5.41, 5.74) is 5.99. The summed E-state index contributed by atoms with van der Waals surface area (Å²) in [5, 5.41) is 4.48. The molecule has 2 aromatic carbocycles. The first-order valence-corrected chi connectivity index (χ1v) is 9.96. The number of nitrogens with zero attached hydrogens (tertiary/aromatic N) is 1. The lowest BCUT2D eigenvalue weighted by Gasteiger charge is -2.21. The van der Waals surface area contributed by atoms with Gasteiger partial charge in [0.25, 0.3) is 5.91 Å². The number of amides is 1. The number of benzene rings is 2. The minimum absolute atomic E-state index is 0.250. The van der Waals surface area contributed by atoms with Crippen molar-refractivity contribution >= 4 is 22.5 Å². The average molecular weight is 391 g/mol. The Balaban J connectivity index is 1.39. The van der Waals surface area contributed by atoms with E-state index in [1.54, 1.807) is 6.07 Å². The van der Waals surface area contributed by atoms with E-state index in [2.05, 4.69) is 21.8 Å². The molecule has 4 rings (SSSR count). The lowest BCUT2D eigenvalue weighted by atomic mass is 10.0. The van der Waals surface area contributed by atoms with Gasteiger partial charge in [0.1, 0.15) is 0 Å². The van der Waals surface area contributed by atoms with Crippen LogP contribution in [0.1, 0.15) is 28.8 Å². The lowest BCUT2D eigenvalue weighted by molar-refractivity contribution is -0.0133. The number of hydrogen-bond donors (Lipinski definition) is 2. The van der Waals surface area contributed by atoms with Crippen molar-refractivity contribution in [2.45, 2.75) is 19.4 Å². The minimum Gasteiger partial charge on any atom is -0.381 e. The summed E-state index contributed by atoms with van der Waals surface area (Å²) in [4.78, 5) is 22.5. The summed E-state index contributed by atoms with van der Waals surface area (Å²) in [5.74, 6) is 0.178. The van der Waals surface area contributed by atoms with Crippen molar-refractivity contribution in [3.8, 4) is 0 Å². The van der Waals surface area contributed by atoms with Gasteiger partial charge in [-0.15, -0.1) is 0 Å². The Bertz CT molecular complexity index is 965. The van der Waals surface area contributed by atoms with Gasteiger partial charge >= 0.3 is 0 Å². The third-order valence-electron chi connectivity index (χ3n) is 5.21. The lowest BCUT2D eigenvalue weighted by Crippen LogP contribution is -2.29. The van der Waals surface area contributed by atoms with Gasteiger partial charge in [0, 0.05) is 37.0 Å². The third-order valence-corrected chi connectivity index (χ3v) is 5.21. The zero-order chi connectivity index (χ0) is 19.9. The van der Waals surface area contributed by atoms with E-state index in [-0.39, 0.29) is 5.91 Å². The first-order valence-electron chi connectivity index (χ1n) is 9.96. The molecule has 0 spiro atoms. The molecule has 0 aliphatic carbocycles. The molecular formula is C23H25N3O3. The van der Waals surface area contributed by atoms with Crippen LogP contribution in [0, 0.1) is 5.92 Å². The second-order valence-corrected chi connectivity index (χ2v) is 7.18. The molecule has 0 radical (unpaired) electrons. The van der Waals surface area contributed by atoms with E-state index >= 15 is 0 Å². The van der Waals surface area contributed by atoms with Crippen molar-refractivity contribution in [3.63, 3.8) is 0 Å². The van der Waals surface area contributed by atoms with Crippen LogP contribution < -0.4 is 10.8 Å². The van der Waals surface area contributed by atoms with Gasteiger partial charge in [-0.1, -0.05) is 30.3 Å². The molecular weight excluding hydrogens is 366 g/mol. The number of pyridine rings is 1. The van der Waals surface area contributed by atoms with Crippen LogP contribution in [-0.2, 0) is 16.1 Å². The molecule has 0 bridgehead atoms. The number of hydroxylamine groups is 1. The maximum absolute atomic E-state index is 12.6. The molecule has 1 aromatic heterocycles. The first kappa shape index (κ1) is 19.4. The van der Waals surface area contributed by atoms with E-state index < -0.39 is 0 Å². The van der Waals surface area contributed by atoms with Gasteiger partial charge < -0.3 is 10.1 Å². The van der Waals surface area contributed by atoms with Crippen LogP contribution in [0.3, 0.4) is 0 Å². The van der Waals surface area contributed by atoms with Crippen molar-refractivity contribution in [2.75, 3.05) is 25.1 Å². The number of carbonyl (C=O) groups excluding carboxylic acids is 1. The Morgan fingerprint density at radius 1 is 1.07 bits per heavy atom. The van der Waals surface area contributed by atoms with E-state index in [0.717, 1.165) is 48.2 Å². The Morgan fingerprint density at radius 3 is 2.76 bits per heavy atom. The largest absolute Gasteiger partial charge is 0.381 e. The second-order valence-electron chi connectivity index (χ2n) is 7.18. The number of ether oxygens (including phenoxy) is 1. The Labute approximate surface area is 170 Å². The molecule has 29 heavy (non-hydrogen) atoms. The molecule has 1 aliphatic heterocycles. The Morgan fingerprint density at radius 2 is 1.86 bits per heavy atom. The monoisotopic (exact) mass is 391 g/mol. The summed E-state index contributed by atoms with van der Waals surface area (Å²) in [7, 11) is 0. The zero-order valence-corrected chi connectivity index (χ0v) is 16.3. The van der Waals surface area contributed by atoms with Crippen molar-refractivity contribution in [1.82, 2.24) is 10.5 Å². The highest BCUT2D eigenvalue weighted by atomic mass is 16.7. The zero-order valence-electron chi connectivity index (χ0n) is 16.3. The second kappa shape index (κ2) is 9.49. The smallest absolute Gasteiger partial charge is 0.276 e. The Hall–Kier alpha value is -2.96. The predicted molar refractivity (Wildman–Crippen MR) is 112 cm³/mol. The van der Waals surface area contributed by atoms with E-state index in [1.165, 1.54) is 0 Å². The van der Waals surface area contributed by atoms with E-state index in [1.807, 2.05) is 48.7 Å². The van der Waals surface area contributed by atoms with Gasteiger partial charge in [-0.3, -0.25) is 14.6 Å². The Kier molecular flexibility index (Phi) is 6.34. The normalized spacial score (nSPS) is 14.6. The summed E-state index contributed by atoms with van der Waals surface area (Å²) in [6.07, 6.45) is 3.74. The van der Waals surface area contributed by atoms with Crippen LogP contribution >= 0.6 is 0 Å². The number of carbonyl (C=O) groups is 1. The number of hydrogen-bond acceptors (Lipinski definition) is 5. The van der Waals surface area contributed by atoms with Gasteiger partial charge in [-0.2, -0.15) is 0 Å². The van der Waals surface area contributed by atoms with Gasteiger partial charge in [-0.25, -0.2) is 5.48 Å². The fraction of sp³-hybridized carbons (Fsp3) is 0.304. The molecule has 1 aliphatic rings. The van der Waals surface area contributed by atoms with Crippen LogP contribution in [-0.4, -0.2) is 30.7 Å². The van der Waals surface area contributed by atoms with E-state index in [9.17, 15) is 4.79 Å². The van der Waals surface area contributed by atoms with Crippen molar-refractivity contribution in [2.24, 2.45) is 5.92 Å². The summed E-state index contributed by atoms with van der Waals surface area (Å²) in [6, 6.07) is 17.5. The van der Waals surface area contributed by atoms with Gasteiger partial charge in [-0.05, 0) is 48.6 Å². The molecule has 0 atom stereocenters. The number of aromatic nitrogens is 1. The molecule has 1 fully saturated rings. The number of anilines is 1. The number of nitrogens with one attached hydrogen (secondary N) is 2. The quantitative estimate of drug-likeness (QED) is 0.597. The van der Waals surface area contributed by atoms with Crippen LogP contribution in [0.5, 0.6) is 0 Å². The maximum atomic E-state index is 12.6. The molecule has 2 heterocycles. The number of fused-ring (bicyclic) bond motifs is 1. The highest BCUT2D eigenvalue weighted by molar-refractivity contribution is 5.99. The molecule has 0 unspecified atom stereocenters. The predicted octanol–water partition coefficient (Wildman–Crippen LogP) is 3.93. The minimum atomic E-state index is -0.250. The van der Waals surface area contributed by atoms with Crippen LogP contribution in [0.25, 0.3) is 10.9 Å². The topological polar surface area (TPSA) is 72.5 Å². The number of rotatable bonds is 7. The number of para-hydroxylation sites is 2. The standard InChI is InChI=1S/C23H25N3O3/c27-23(26-29-16-17-10-13-28-14-11-17)20-6-2-4-8-22(20)25-15-18-9-12-24-21-7-3-1-5-19(18)21/h1-9,12,17,25H,10-11,13-16H2,(H,26,27).